The summed E-state index contributed by atoms with van der Waals surface area (Å²) in [5, 5.41) is 1.23. The predicted octanol–water partition coefficient (Wildman–Crippen LogP) is 2.08. The molecule has 3 heterocycles. The number of likely N-dealkylation sites (N-methyl/N-ethyl adjacent to an activating group) is 1. The number of ether oxygens (including phenoxy) is 1. The van der Waals surface area contributed by atoms with Crippen molar-refractivity contribution in [2.45, 2.75) is 19.1 Å². The topological polar surface area (TPSA) is 31.8 Å². The number of para-hydroxylation sites is 1. The number of hydrogen-bond acceptors (Lipinski definition) is 5. The van der Waals surface area contributed by atoms with Crippen LogP contribution in [0, 0.1) is 0 Å². The van der Waals surface area contributed by atoms with Crippen molar-refractivity contribution in [3.63, 3.8) is 0 Å². The highest BCUT2D eigenvalue weighted by Crippen LogP contribution is 2.28. The maximum absolute atomic E-state index is 6.27. The molecule has 1 aromatic heterocycles. The zero-order valence-corrected chi connectivity index (χ0v) is 15.3. The molecule has 0 aliphatic carbocycles. The molecule has 2 saturated heterocycles. The van der Waals surface area contributed by atoms with Gasteiger partial charge in [-0.3, -0.25) is 9.88 Å². The van der Waals surface area contributed by atoms with E-state index >= 15 is 0 Å². The summed E-state index contributed by atoms with van der Waals surface area (Å²) in [5.74, 6) is 0. The van der Waals surface area contributed by atoms with Gasteiger partial charge in [-0.2, -0.15) is 0 Å². The van der Waals surface area contributed by atoms with Crippen molar-refractivity contribution >= 4 is 16.6 Å². The number of piperazine rings is 1. The predicted molar refractivity (Wildman–Crippen MR) is 102 cm³/mol. The molecule has 0 saturated carbocycles. The van der Waals surface area contributed by atoms with E-state index in [-0.39, 0.29) is 12.2 Å². The summed E-state index contributed by atoms with van der Waals surface area (Å²) in [6, 6.07) is 10.6. The van der Waals surface area contributed by atoms with Gasteiger partial charge in [-0.15, -0.1) is 0 Å². The first-order valence-corrected chi connectivity index (χ1v) is 9.34. The van der Waals surface area contributed by atoms with Crippen LogP contribution in [0.5, 0.6) is 0 Å². The van der Waals surface area contributed by atoms with Crippen LogP contribution >= 0.6 is 0 Å². The maximum Gasteiger partial charge on any atom is 0.0881 e. The van der Waals surface area contributed by atoms with E-state index in [9.17, 15) is 0 Å². The molecule has 0 N–H and O–H groups in total. The Labute approximate surface area is 150 Å². The average Bonchev–Trinajstić information content (AvgIpc) is 2.63. The van der Waals surface area contributed by atoms with Crippen LogP contribution in [0.1, 0.15) is 6.92 Å². The van der Waals surface area contributed by atoms with E-state index < -0.39 is 0 Å². The van der Waals surface area contributed by atoms with Crippen LogP contribution in [0.25, 0.3) is 10.9 Å². The number of nitrogens with zero attached hydrogens (tertiary/aromatic N) is 4. The van der Waals surface area contributed by atoms with Gasteiger partial charge in [0.2, 0.25) is 0 Å². The summed E-state index contributed by atoms with van der Waals surface area (Å²) in [6.07, 6.45) is 2.44. The average molecular weight is 340 g/mol. The molecule has 4 rings (SSSR count). The first kappa shape index (κ1) is 16.8. The zero-order valence-electron chi connectivity index (χ0n) is 15.3. The Balaban J connectivity index is 1.50. The van der Waals surface area contributed by atoms with Gasteiger partial charge < -0.3 is 14.5 Å². The van der Waals surface area contributed by atoms with E-state index in [4.69, 9.17) is 4.74 Å². The van der Waals surface area contributed by atoms with Crippen LogP contribution < -0.4 is 4.90 Å². The Bertz CT molecular complexity index is 708. The van der Waals surface area contributed by atoms with Crippen LogP contribution in [0.3, 0.4) is 0 Å². The quantitative estimate of drug-likeness (QED) is 0.854. The minimum atomic E-state index is 0.248. The fourth-order valence-corrected chi connectivity index (χ4v) is 4.02. The number of fused-ring (bicyclic) bond motifs is 1. The van der Waals surface area contributed by atoms with Gasteiger partial charge in [0.25, 0.3) is 0 Å². The molecular weight excluding hydrogens is 312 g/mol. The van der Waals surface area contributed by atoms with E-state index in [2.05, 4.69) is 64.0 Å². The highest BCUT2D eigenvalue weighted by Gasteiger charge is 2.28. The summed E-state index contributed by atoms with van der Waals surface area (Å²) in [4.78, 5) is 11.9. The number of pyridine rings is 1. The van der Waals surface area contributed by atoms with E-state index in [1.807, 2.05) is 6.20 Å². The number of rotatable bonds is 3. The standard InChI is InChI=1S/C20H28N4O/c1-16-13-24(20-7-8-21-19-6-4-3-5-18(19)20)15-17(25-16)14-23-11-9-22(2)10-12-23/h3-8,16-17H,9-15H2,1-2H3/t16-,17+/m1/s1. The number of aromatic nitrogens is 1. The van der Waals surface area contributed by atoms with Crippen molar-refractivity contribution in [2.24, 2.45) is 0 Å². The minimum absolute atomic E-state index is 0.248. The van der Waals surface area contributed by atoms with Crippen molar-refractivity contribution in [3.8, 4) is 0 Å². The molecule has 2 fully saturated rings. The molecule has 2 aliphatic heterocycles. The van der Waals surface area contributed by atoms with Crippen molar-refractivity contribution in [3.05, 3.63) is 36.5 Å². The number of benzene rings is 1. The monoisotopic (exact) mass is 340 g/mol. The Morgan fingerprint density at radius 3 is 2.72 bits per heavy atom. The van der Waals surface area contributed by atoms with Gasteiger partial charge in [0, 0.05) is 63.1 Å². The summed E-state index contributed by atoms with van der Waals surface area (Å²) in [7, 11) is 2.20. The molecule has 134 valence electrons. The second kappa shape index (κ2) is 7.28. The van der Waals surface area contributed by atoms with Crippen LogP contribution in [0.15, 0.2) is 36.5 Å². The smallest absolute Gasteiger partial charge is 0.0881 e. The summed E-state index contributed by atoms with van der Waals surface area (Å²) < 4.78 is 6.27. The van der Waals surface area contributed by atoms with Gasteiger partial charge in [0.1, 0.15) is 0 Å². The Hall–Kier alpha value is -1.69. The van der Waals surface area contributed by atoms with Crippen molar-refractivity contribution in [1.82, 2.24) is 14.8 Å². The van der Waals surface area contributed by atoms with Gasteiger partial charge in [0.05, 0.1) is 17.7 Å². The number of anilines is 1. The lowest BCUT2D eigenvalue weighted by Crippen LogP contribution is -2.53. The second-order valence-electron chi connectivity index (χ2n) is 7.42. The second-order valence-corrected chi connectivity index (χ2v) is 7.42. The Morgan fingerprint density at radius 1 is 1.08 bits per heavy atom. The normalized spacial score (nSPS) is 26.2. The molecule has 2 aromatic rings. The van der Waals surface area contributed by atoms with Crippen LogP contribution in [0.4, 0.5) is 5.69 Å². The van der Waals surface area contributed by atoms with Gasteiger partial charge in [0.15, 0.2) is 0 Å². The van der Waals surface area contributed by atoms with Gasteiger partial charge >= 0.3 is 0 Å². The number of morpholine rings is 1. The van der Waals surface area contributed by atoms with Crippen LogP contribution in [-0.4, -0.2) is 79.9 Å². The summed E-state index contributed by atoms with van der Waals surface area (Å²) >= 11 is 0. The van der Waals surface area contributed by atoms with Crippen molar-refractivity contribution < 1.29 is 4.74 Å². The third-order valence-electron chi connectivity index (χ3n) is 5.35. The lowest BCUT2D eigenvalue weighted by molar-refractivity contribution is -0.0369. The summed E-state index contributed by atoms with van der Waals surface area (Å²) in [5.41, 5.74) is 2.35. The van der Waals surface area contributed by atoms with Crippen LogP contribution in [0.2, 0.25) is 0 Å². The highest BCUT2D eigenvalue weighted by atomic mass is 16.5. The van der Waals surface area contributed by atoms with E-state index in [1.165, 1.54) is 11.1 Å². The summed E-state index contributed by atoms with van der Waals surface area (Å²) in [6.45, 7) is 9.69. The molecule has 5 nitrogen and oxygen atoms in total. The third-order valence-corrected chi connectivity index (χ3v) is 5.35. The molecule has 2 aliphatic rings. The molecule has 25 heavy (non-hydrogen) atoms. The molecule has 2 atom stereocenters. The van der Waals surface area contributed by atoms with E-state index in [0.29, 0.717) is 0 Å². The molecule has 0 amide bonds. The Morgan fingerprint density at radius 2 is 1.88 bits per heavy atom. The van der Waals surface area contributed by atoms with Gasteiger partial charge in [-0.25, -0.2) is 0 Å². The first-order chi connectivity index (χ1) is 12.2. The molecular formula is C20H28N4O. The van der Waals surface area contributed by atoms with Crippen molar-refractivity contribution in [1.29, 1.82) is 0 Å². The number of hydrogen-bond donors (Lipinski definition) is 0. The lowest BCUT2D eigenvalue weighted by Gasteiger charge is -2.41. The van der Waals surface area contributed by atoms with Gasteiger partial charge in [-0.05, 0) is 26.1 Å². The third kappa shape index (κ3) is 3.78. The lowest BCUT2D eigenvalue weighted by atomic mass is 10.1. The minimum Gasteiger partial charge on any atom is -0.370 e. The highest BCUT2D eigenvalue weighted by molar-refractivity contribution is 5.91. The van der Waals surface area contributed by atoms with E-state index in [0.717, 1.165) is 51.3 Å². The van der Waals surface area contributed by atoms with Crippen molar-refractivity contribution in [2.75, 3.05) is 57.8 Å². The molecule has 1 aromatic carbocycles. The first-order valence-electron chi connectivity index (χ1n) is 9.34. The van der Waals surface area contributed by atoms with E-state index in [1.54, 1.807) is 0 Å². The molecule has 5 heteroatoms. The maximum atomic E-state index is 6.27. The largest absolute Gasteiger partial charge is 0.370 e. The molecule has 0 unspecified atom stereocenters. The fourth-order valence-electron chi connectivity index (χ4n) is 4.02. The SMILES string of the molecule is C[C@@H]1CN(c2ccnc3ccccc23)C[C@H](CN2CCN(C)CC2)O1. The molecule has 0 radical (unpaired) electrons. The Kier molecular flexibility index (Phi) is 4.88. The van der Waals surface area contributed by atoms with Gasteiger partial charge in [-0.1, -0.05) is 18.2 Å². The van der Waals surface area contributed by atoms with Crippen LogP contribution in [-0.2, 0) is 4.74 Å². The zero-order chi connectivity index (χ0) is 17.2. The molecule has 0 bridgehead atoms. The molecule has 0 spiro atoms. The fraction of sp³-hybridized carbons (Fsp3) is 0.550.